The zero-order chi connectivity index (χ0) is 17.0. The van der Waals surface area contributed by atoms with Crippen molar-refractivity contribution in [2.45, 2.75) is 12.8 Å². The molecule has 2 aliphatic carbocycles. The Balaban J connectivity index is 1.67. The number of piperidine rings is 1. The number of nitrogens with zero attached hydrogens (tertiary/aromatic N) is 2. The minimum Gasteiger partial charge on any atom is -0.323 e. The number of carbonyl (C=O) groups excluding carboxylic acids is 2. The molecule has 1 aromatic heterocycles. The fourth-order valence-electron chi connectivity index (χ4n) is 3.96. The van der Waals surface area contributed by atoms with Gasteiger partial charge in [0.05, 0.1) is 17.5 Å². The van der Waals surface area contributed by atoms with Crippen molar-refractivity contribution in [3.8, 4) is 0 Å². The first-order chi connectivity index (χ1) is 12.2. The van der Waals surface area contributed by atoms with E-state index in [1.165, 1.54) is 4.90 Å². The molecule has 25 heavy (non-hydrogen) atoms. The lowest BCUT2D eigenvalue weighted by Gasteiger charge is -2.44. The normalized spacial score (nSPS) is 24.9. The van der Waals surface area contributed by atoms with E-state index >= 15 is 0 Å². The van der Waals surface area contributed by atoms with Gasteiger partial charge in [0.15, 0.2) is 0 Å². The molecule has 1 unspecified atom stereocenters. The van der Waals surface area contributed by atoms with Gasteiger partial charge in [-0.05, 0) is 29.7 Å². The fourth-order valence-corrected chi connectivity index (χ4v) is 3.96. The number of allylic oxidation sites excluding steroid dienone is 6. The van der Waals surface area contributed by atoms with E-state index in [4.69, 9.17) is 0 Å². The minimum absolute atomic E-state index is 0.221. The van der Waals surface area contributed by atoms with Gasteiger partial charge >= 0.3 is 0 Å². The standard InChI is InChI=1S/C20H15N3O2/c24-17-12-14-8-5-7-13-6-3-4-11-20(13,14)18(25)23(17)19-21-15-9-1-2-10-16(15)22-19/h1-10H,11-12H2,(H,21,22). The molecule has 1 saturated heterocycles. The van der Waals surface area contributed by atoms with Crippen LogP contribution >= 0.6 is 0 Å². The van der Waals surface area contributed by atoms with Crippen molar-refractivity contribution in [1.29, 1.82) is 0 Å². The van der Waals surface area contributed by atoms with Crippen LogP contribution in [0.4, 0.5) is 5.95 Å². The molecule has 0 saturated carbocycles. The number of aromatic amines is 1. The molecular weight excluding hydrogens is 314 g/mol. The molecule has 1 fully saturated rings. The lowest BCUT2D eigenvalue weighted by atomic mass is 9.63. The Morgan fingerprint density at radius 2 is 2.00 bits per heavy atom. The number of fused-ring (bicyclic) bond motifs is 1. The summed E-state index contributed by atoms with van der Waals surface area (Å²) >= 11 is 0. The van der Waals surface area contributed by atoms with Crippen LogP contribution in [0.25, 0.3) is 11.0 Å². The molecule has 2 aromatic rings. The second-order valence-corrected chi connectivity index (χ2v) is 6.50. The number of imidazole rings is 1. The molecule has 5 rings (SSSR count). The Morgan fingerprint density at radius 3 is 2.88 bits per heavy atom. The first kappa shape index (κ1) is 14.2. The highest BCUT2D eigenvalue weighted by atomic mass is 16.2. The molecular formula is C20H15N3O2. The van der Waals surface area contributed by atoms with E-state index in [1.54, 1.807) is 0 Å². The quantitative estimate of drug-likeness (QED) is 0.817. The molecule has 1 atom stereocenters. The molecule has 1 aliphatic heterocycles. The number of carbonyl (C=O) groups is 2. The number of rotatable bonds is 1. The van der Waals surface area contributed by atoms with Crippen LogP contribution in [0, 0.1) is 5.41 Å². The first-order valence-electron chi connectivity index (χ1n) is 8.27. The SMILES string of the molecule is O=C1CC2=CC=CC3=CC=CCC32C(=O)N1c1nc2ccccc2[nH]1. The average molecular weight is 329 g/mol. The smallest absolute Gasteiger partial charge is 0.251 e. The van der Waals surface area contributed by atoms with E-state index in [2.05, 4.69) is 9.97 Å². The van der Waals surface area contributed by atoms with Gasteiger partial charge in [0.2, 0.25) is 11.9 Å². The fraction of sp³-hybridized carbons (Fsp3) is 0.150. The number of nitrogens with one attached hydrogen (secondary N) is 1. The number of benzene rings is 1. The zero-order valence-corrected chi connectivity index (χ0v) is 13.4. The topological polar surface area (TPSA) is 66.1 Å². The minimum atomic E-state index is -0.781. The molecule has 5 nitrogen and oxygen atoms in total. The summed E-state index contributed by atoms with van der Waals surface area (Å²) in [4.78, 5) is 35.1. The molecule has 1 spiro atoms. The van der Waals surface area contributed by atoms with Crippen molar-refractivity contribution in [1.82, 2.24) is 9.97 Å². The number of aromatic nitrogens is 2. The van der Waals surface area contributed by atoms with Crippen LogP contribution in [-0.4, -0.2) is 21.8 Å². The van der Waals surface area contributed by atoms with Crippen molar-refractivity contribution >= 4 is 28.8 Å². The van der Waals surface area contributed by atoms with Crippen molar-refractivity contribution in [2.24, 2.45) is 5.41 Å². The summed E-state index contributed by atoms with van der Waals surface area (Å²) in [5.41, 5.74) is 2.56. The summed E-state index contributed by atoms with van der Waals surface area (Å²) in [7, 11) is 0. The predicted molar refractivity (Wildman–Crippen MR) is 94.7 cm³/mol. The first-order valence-corrected chi connectivity index (χ1v) is 8.27. The monoisotopic (exact) mass is 329 g/mol. The number of para-hydroxylation sites is 2. The van der Waals surface area contributed by atoms with Crippen LogP contribution in [0.1, 0.15) is 12.8 Å². The summed E-state index contributed by atoms with van der Waals surface area (Å²) in [6.07, 6.45) is 12.5. The van der Waals surface area contributed by atoms with Gasteiger partial charge < -0.3 is 4.98 Å². The molecule has 3 aliphatic rings. The van der Waals surface area contributed by atoms with Crippen molar-refractivity contribution in [2.75, 3.05) is 4.90 Å². The molecule has 2 heterocycles. The highest BCUT2D eigenvalue weighted by molar-refractivity contribution is 6.21. The number of H-pyrrole nitrogens is 1. The number of hydrogen-bond donors (Lipinski definition) is 1. The van der Waals surface area contributed by atoms with Crippen molar-refractivity contribution in [3.63, 3.8) is 0 Å². The lowest BCUT2D eigenvalue weighted by Crippen LogP contribution is -2.54. The molecule has 1 N–H and O–H groups in total. The van der Waals surface area contributed by atoms with Crippen molar-refractivity contribution in [3.05, 3.63) is 71.9 Å². The average Bonchev–Trinajstić information content (AvgIpc) is 3.05. The van der Waals surface area contributed by atoms with E-state index < -0.39 is 5.41 Å². The lowest BCUT2D eigenvalue weighted by molar-refractivity contribution is -0.132. The number of amides is 2. The third-order valence-electron chi connectivity index (χ3n) is 5.20. The van der Waals surface area contributed by atoms with E-state index in [1.807, 2.05) is 60.7 Å². The van der Waals surface area contributed by atoms with E-state index in [9.17, 15) is 9.59 Å². The molecule has 2 amide bonds. The highest BCUT2D eigenvalue weighted by Gasteiger charge is 2.53. The molecule has 122 valence electrons. The second-order valence-electron chi connectivity index (χ2n) is 6.50. The number of hydrogen-bond acceptors (Lipinski definition) is 3. The van der Waals surface area contributed by atoms with Gasteiger partial charge in [-0.25, -0.2) is 9.88 Å². The van der Waals surface area contributed by atoms with E-state index in [-0.39, 0.29) is 18.2 Å². The maximum absolute atomic E-state index is 13.5. The van der Waals surface area contributed by atoms with Gasteiger partial charge in [-0.3, -0.25) is 9.59 Å². The molecule has 5 heteroatoms. The highest BCUT2D eigenvalue weighted by Crippen LogP contribution is 2.50. The molecule has 0 bridgehead atoms. The Hall–Kier alpha value is -3.21. The third kappa shape index (κ3) is 1.80. The Kier molecular flexibility index (Phi) is 2.77. The van der Waals surface area contributed by atoms with Crippen molar-refractivity contribution < 1.29 is 9.59 Å². The van der Waals surface area contributed by atoms with Gasteiger partial charge in [-0.1, -0.05) is 48.6 Å². The maximum atomic E-state index is 13.5. The Labute approximate surface area is 144 Å². The van der Waals surface area contributed by atoms with Crippen LogP contribution in [0.5, 0.6) is 0 Å². The Morgan fingerprint density at radius 1 is 1.12 bits per heavy atom. The largest absolute Gasteiger partial charge is 0.323 e. The van der Waals surface area contributed by atoms with Crippen LogP contribution in [0.3, 0.4) is 0 Å². The number of imide groups is 1. The predicted octanol–water partition coefficient (Wildman–Crippen LogP) is 3.20. The summed E-state index contributed by atoms with van der Waals surface area (Å²) < 4.78 is 0. The Bertz CT molecular complexity index is 1020. The summed E-state index contributed by atoms with van der Waals surface area (Å²) in [5, 5.41) is 0. The van der Waals surface area contributed by atoms with Gasteiger partial charge in [0, 0.05) is 0 Å². The van der Waals surface area contributed by atoms with Crippen LogP contribution in [-0.2, 0) is 9.59 Å². The van der Waals surface area contributed by atoms with Gasteiger partial charge in [0.1, 0.15) is 5.41 Å². The van der Waals surface area contributed by atoms with Gasteiger partial charge in [-0.15, -0.1) is 0 Å². The van der Waals surface area contributed by atoms with Crippen LogP contribution < -0.4 is 4.90 Å². The third-order valence-corrected chi connectivity index (χ3v) is 5.20. The maximum Gasteiger partial charge on any atom is 0.251 e. The van der Waals surface area contributed by atoms with Gasteiger partial charge in [-0.2, -0.15) is 0 Å². The molecule has 0 radical (unpaired) electrons. The second kappa shape index (κ2) is 4.89. The van der Waals surface area contributed by atoms with Gasteiger partial charge in [0.25, 0.3) is 5.91 Å². The molecule has 1 aromatic carbocycles. The summed E-state index contributed by atoms with van der Waals surface area (Å²) in [5.74, 6) is -0.174. The van der Waals surface area contributed by atoms with E-state index in [0.29, 0.717) is 12.4 Å². The zero-order valence-electron chi connectivity index (χ0n) is 13.4. The van der Waals surface area contributed by atoms with Crippen LogP contribution in [0.15, 0.2) is 71.9 Å². The summed E-state index contributed by atoms with van der Waals surface area (Å²) in [6, 6.07) is 7.51. The summed E-state index contributed by atoms with van der Waals surface area (Å²) in [6.45, 7) is 0. The number of anilines is 1. The van der Waals surface area contributed by atoms with E-state index in [0.717, 1.165) is 22.2 Å². The van der Waals surface area contributed by atoms with Crippen LogP contribution in [0.2, 0.25) is 0 Å².